The molecule has 1 amide bonds. The maximum atomic E-state index is 12.6. The Kier molecular flexibility index (Phi) is 5.11. The van der Waals surface area contributed by atoms with E-state index in [0.717, 1.165) is 31.2 Å². The summed E-state index contributed by atoms with van der Waals surface area (Å²) in [5.74, 6) is 2.71. The Bertz CT molecular complexity index is 720. The van der Waals surface area contributed by atoms with Gasteiger partial charge in [-0.3, -0.25) is 4.79 Å². The Morgan fingerprint density at radius 1 is 1.32 bits per heavy atom. The van der Waals surface area contributed by atoms with Crippen molar-refractivity contribution in [1.29, 1.82) is 0 Å². The van der Waals surface area contributed by atoms with Gasteiger partial charge in [0, 0.05) is 31.9 Å². The molecule has 1 aromatic heterocycles. The molecule has 0 bridgehead atoms. The lowest BCUT2D eigenvalue weighted by Crippen LogP contribution is -2.58. The third kappa shape index (κ3) is 3.57. The van der Waals surface area contributed by atoms with Gasteiger partial charge in [-0.05, 0) is 43.4 Å². The van der Waals surface area contributed by atoms with Crippen LogP contribution in [0, 0.1) is 0 Å². The highest BCUT2D eigenvalue weighted by atomic mass is 16.5. The lowest BCUT2D eigenvalue weighted by Gasteiger charge is -2.45. The van der Waals surface area contributed by atoms with Gasteiger partial charge >= 0.3 is 0 Å². The predicted molar refractivity (Wildman–Crippen MR) is 106 cm³/mol. The molecule has 1 saturated carbocycles. The third-order valence-corrected chi connectivity index (χ3v) is 6.67. The van der Waals surface area contributed by atoms with E-state index in [4.69, 9.17) is 14.5 Å². The Morgan fingerprint density at radius 2 is 2.21 bits per heavy atom. The molecule has 0 radical (unpaired) electrons. The number of hydrogen-bond donors (Lipinski definition) is 1. The lowest BCUT2D eigenvalue weighted by atomic mass is 9.80. The van der Waals surface area contributed by atoms with Crippen LogP contribution in [-0.4, -0.2) is 73.9 Å². The third-order valence-electron chi connectivity index (χ3n) is 6.67. The first-order valence-corrected chi connectivity index (χ1v) is 10.8. The van der Waals surface area contributed by atoms with Crippen molar-refractivity contribution in [3.05, 3.63) is 17.8 Å². The normalized spacial score (nSPS) is 26.6. The maximum Gasteiger partial charge on any atom is 0.225 e. The standard InChI is InChI=1S/C21H30N4O3/c26-20(5-9-27-13-17-4-6-22-17)24-7-8-25-18(12-24)14-28-19-10-16(11-23-21(19)25)15-2-1-3-15/h10-11,15,17-18,22H,1-9,12-14H2. The summed E-state index contributed by atoms with van der Waals surface area (Å²) in [6, 6.07) is 2.86. The zero-order valence-corrected chi connectivity index (χ0v) is 16.4. The molecule has 7 heteroatoms. The number of piperazine rings is 1. The van der Waals surface area contributed by atoms with Crippen LogP contribution in [0.25, 0.3) is 0 Å². The fourth-order valence-electron chi connectivity index (χ4n) is 4.46. The molecule has 7 nitrogen and oxygen atoms in total. The van der Waals surface area contributed by atoms with Gasteiger partial charge < -0.3 is 24.6 Å². The largest absolute Gasteiger partial charge is 0.487 e. The molecule has 4 aliphatic rings. The van der Waals surface area contributed by atoms with Gasteiger partial charge in [0.05, 0.1) is 25.7 Å². The highest BCUT2D eigenvalue weighted by Gasteiger charge is 2.36. The molecule has 0 aromatic carbocycles. The fraction of sp³-hybridized carbons (Fsp3) is 0.714. The number of fused-ring (bicyclic) bond motifs is 3. The zero-order valence-electron chi connectivity index (χ0n) is 16.4. The van der Waals surface area contributed by atoms with E-state index in [1.807, 2.05) is 11.1 Å². The molecule has 2 unspecified atom stereocenters. The molecular formula is C21H30N4O3. The Labute approximate surface area is 166 Å². The molecule has 5 rings (SSSR count). The molecule has 0 spiro atoms. The average Bonchev–Trinajstić information content (AvgIpc) is 2.64. The van der Waals surface area contributed by atoms with Crippen LogP contribution in [0.2, 0.25) is 0 Å². The van der Waals surface area contributed by atoms with Crippen molar-refractivity contribution in [2.24, 2.45) is 0 Å². The molecule has 4 heterocycles. The summed E-state index contributed by atoms with van der Waals surface area (Å²) in [5.41, 5.74) is 1.31. The van der Waals surface area contributed by atoms with Crippen LogP contribution in [0.4, 0.5) is 5.82 Å². The molecule has 1 aromatic rings. The van der Waals surface area contributed by atoms with Gasteiger partial charge in [0.15, 0.2) is 11.6 Å². The number of nitrogens with zero attached hydrogens (tertiary/aromatic N) is 3. The van der Waals surface area contributed by atoms with Crippen molar-refractivity contribution >= 4 is 11.7 Å². The van der Waals surface area contributed by atoms with Crippen molar-refractivity contribution in [3.8, 4) is 5.75 Å². The second-order valence-corrected chi connectivity index (χ2v) is 8.48. The molecule has 152 valence electrons. The van der Waals surface area contributed by atoms with Crippen molar-refractivity contribution in [3.63, 3.8) is 0 Å². The van der Waals surface area contributed by atoms with E-state index >= 15 is 0 Å². The number of rotatable bonds is 6. The summed E-state index contributed by atoms with van der Waals surface area (Å²) in [4.78, 5) is 21.6. The van der Waals surface area contributed by atoms with Crippen molar-refractivity contribution in [1.82, 2.24) is 15.2 Å². The van der Waals surface area contributed by atoms with Gasteiger partial charge in [-0.15, -0.1) is 0 Å². The van der Waals surface area contributed by atoms with Gasteiger partial charge in [0.25, 0.3) is 0 Å². The number of aromatic nitrogens is 1. The minimum atomic E-state index is 0.181. The molecule has 3 fully saturated rings. The number of anilines is 1. The number of nitrogens with one attached hydrogen (secondary N) is 1. The fourth-order valence-corrected chi connectivity index (χ4v) is 4.46. The second kappa shape index (κ2) is 7.87. The van der Waals surface area contributed by atoms with E-state index in [1.54, 1.807) is 0 Å². The summed E-state index contributed by atoms with van der Waals surface area (Å²) in [6.45, 7) is 5.18. The molecular weight excluding hydrogens is 356 g/mol. The molecule has 3 aliphatic heterocycles. The van der Waals surface area contributed by atoms with Gasteiger partial charge in [-0.1, -0.05) is 6.42 Å². The quantitative estimate of drug-likeness (QED) is 0.748. The van der Waals surface area contributed by atoms with Crippen LogP contribution in [-0.2, 0) is 9.53 Å². The minimum Gasteiger partial charge on any atom is -0.487 e. The van der Waals surface area contributed by atoms with Crippen LogP contribution in [0.1, 0.15) is 43.6 Å². The SMILES string of the molecule is O=C(CCOCC1CCN1)N1CCN2c3ncc(C4CCC4)cc3OCC2C1. The van der Waals surface area contributed by atoms with Crippen LogP contribution < -0.4 is 15.0 Å². The lowest BCUT2D eigenvalue weighted by molar-refractivity contribution is -0.133. The monoisotopic (exact) mass is 386 g/mol. The average molecular weight is 386 g/mol. The number of hydrogen-bond acceptors (Lipinski definition) is 6. The van der Waals surface area contributed by atoms with E-state index in [0.29, 0.717) is 44.7 Å². The van der Waals surface area contributed by atoms with Crippen molar-refractivity contribution in [2.75, 3.05) is 50.9 Å². The van der Waals surface area contributed by atoms with Gasteiger partial charge in [0.1, 0.15) is 6.61 Å². The van der Waals surface area contributed by atoms with Crippen molar-refractivity contribution in [2.45, 2.75) is 50.1 Å². The van der Waals surface area contributed by atoms with Crippen molar-refractivity contribution < 1.29 is 14.3 Å². The summed E-state index contributed by atoms with van der Waals surface area (Å²) in [7, 11) is 0. The van der Waals surface area contributed by atoms with Gasteiger partial charge in [0.2, 0.25) is 5.91 Å². The smallest absolute Gasteiger partial charge is 0.225 e. The highest BCUT2D eigenvalue weighted by molar-refractivity contribution is 5.77. The summed E-state index contributed by atoms with van der Waals surface area (Å²) in [5, 5.41) is 3.31. The molecule has 2 atom stereocenters. The first-order chi connectivity index (χ1) is 13.8. The van der Waals surface area contributed by atoms with E-state index in [1.165, 1.54) is 31.2 Å². The number of carbonyl (C=O) groups excluding carboxylic acids is 1. The Morgan fingerprint density at radius 3 is 2.96 bits per heavy atom. The topological polar surface area (TPSA) is 66.9 Å². The van der Waals surface area contributed by atoms with E-state index in [-0.39, 0.29) is 11.9 Å². The first kappa shape index (κ1) is 18.2. The van der Waals surface area contributed by atoms with Gasteiger partial charge in [-0.2, -0.15) is 0 Å². The molecule has 1 N–H and O–H groups in total. The zero-order chi connectivity index (χ0) is 18.9. The number of carbonyl (C=O) groups is 1. The second-order valence-electron chi connectivity index (χ2n) is 8.48. The Balaban J connectivity index is 1.14. The summed E-state index contributed by atoms with van der Waals surface area (Å²) < 4.78 is 11.7. The summed E-state index contributed by atoms with van der Waals surface area (Å²) >= 11 is 0. The van der Waals surface area contributed by atoms with Crippen LogP contribution in [0.3, 0.4) is 0 Å². The maximum absolute atomic E-state index is 12.6. The van der Waals surface area contributed by atoms with Crippen LogP contribution in [0.15, 0.2) is 12.3 Å². The number of pyridine rings is 1. The van der Waals surface area contributed by atoms with E-state index < -0.39 is 0 Å². The van der Waals surface area contributed by atoms with Crippen LogP contribution >= 0.6 is 0 Å². The molecule has 1 aliphatic carbocycles. The minimum absolute atomic E-state index is 0.181. The Hall–Kier alpha value is -1.86. The van der Waals surface area contributed by atoms with Gasteiger partial charge in [-0.25, -0.2) is 4.98 Å². The van der Waals surface area contributed by atoms with E-state index in [9.17, 15) is 4.79 Å². The number of ether oxygens (including phenoxy) is 2. The molecule has 2 saturated heterocycles. The first-order valence-electron chi connectivity index (χ1n) is 10.8. The van der Waals surface area contributed by atoms with E-state index in [2.05, 4.69) is 16.3 Å². The highest BCUT2D eigenvalue weighted by Crippen LogP contribution is 2.40. The van der Waals surface area contributed by atoms with Crippen LogP contribution in [0.5, 0.6) is 5.75 Å². The molecule has 28 heavy (non-hydrogen) atoms. The predicted octanol–water partition coefficient (Wildman–Crippen LogP) is 1.53. The summed E-state index contributed by atoms with van der Waals surface area (Å²) in [6.07, 6.45) is 7.52. The number of amides is 1.